The van der Waals surface area contributed by atoms with Crippen LogP contribution in [0.25, 0.3) is 0 Å². The Morgan fingerprint density at radius 3 is 1.57 bits per heavy atom. The smallest absolute Gasteiger partial charge is 0.0589 e. The molecular weight excluding hydrogens is 128 g/mol. The molecule has 44 valence electrons. The minimum atomic E-state index is -0.458. The van der Waals surface area contributed by atoms with Gasteiger partial charge in [0.1, 0.15) is 0 Å². The summed E-state index contributed by atoms with van der Waals surface area (Å²) in [4.78, 5) is 0. The summed E-state index contributed by atoms with van der Waals surface area (Å²) >= 11 is 0. The molecule has 1 N–H and O–H groups in total. The quantitative estimate of drug-likeness (QED) is 0.579. The van der Waals surface area contributed by atoms with Gasteiger partial charge in [-0.25, -0.2) is 0 Å². The van der Waals surface area contributed by atoms with E-state index >= 15 is 0 Å². The first-order valence-corrected chi connectivity index (χ1v) is 2.28. The monoisotopic (exact) mass is 140 g/mol. The van der Waals surface area contributed by atoms with Gasteiger partial charge in [-0.1, -0.05) is 6.92 Å². The predicted octanol–water partition coefficient (Wildman–Crippen LogP) is 1.16. The zero-order chi connectivity index (χ0) is 5.21. The molecule has 0 aliphatic carbocycles. The van der Waals surface area contributed by atoms with Crippen molar-refractivity contribution in [3.63, 3.8) is 0 Å². The van der Waals surface area contributed by atoms with Crippen molar-refractivity contribution in [1.29, 1.82) is 0 Å². The van der Waals surface area contributed by atoms with Crippen LogP contribution in [0.2, 0.25) is 0 Å². The molecule has 1 nitrogen and oxygen atoms in total. The zero-order valence-corrected chi connectivity index (χ0v) is 6.34. The molecule has 0 bridgehead atoms. The molecule has 0 saturated heterocycles. The van der Waals surface area contributed by atoms with Gasteiger partial charge in [-0.05, 0) is 20.3 Å². The molecule has 0 aromatic carbocycles. The number of rotatable bonds is 1. The van der Waals surface area contributed by atoms with Gasteiger partial charge in [-0.15, -0.1) is 0 Å². The van der Waals surface area contributed by atoms with Crippen LogP contribution in [0.5, 0.6) is 0 Å². The van der Waals surface area contributed by atoms with Crippen molar-refractivity contribution in [1.82, 2.24) is 0 Å². The van der Waals surface area contributed by atoms with E-state index in [4.69, 9.17) is 5.11 Å². The average molecular weight is 140 g/mol. The van der Waals surface area contributed by atoms with Gasteiger partial charge < -0.3 is 5.11 Å². The molecule has 2 heteroatoms. The Bertz CT molecular complexity index is 37.8. The molecular formula is C5H12CrO. The van der Waals surface area contributed by atoms with E-state index in [-0.39, 0.29) is 17.4 Å². The molecule has 0 aromatic heterocycles. The molecule has 0 heterocycles. The molecule has 0 saturated carbocycles. The normalized spacial score (nSPS) is 10.3. The van der Waals surface area contributed by atoms with Crippen molar-refractivity contribution in [3.8, 4) is 0 Å². The summed E-state index contributed by atoms with van der Waals surface area (Å²) in [7, 11) is 0. The van der Waals surface area contributed by atoms with Crippen molar-refractivity contribution in [2.45, 2.75) is 32.8 Å². The zero-order valence-electron chi connectivity index (χ0n) is 5.06. The van der Waals surface area contributed by atoms with Gasteiger partial charge in [0, 0.05) is 17.4 Å². The van der Waals surface area contributed by atoms with E-state index in [0.29, 0.717) is 0 Å². The Morgan fingerprint density at radius 2 is 1.57 bits per heavy atom. The van der Waals surface area contributed by atoms with Gasteiger partial charge in [0.2, 0.25) is 0 Å². The Kier molecular flexibility index (Phi) is 5.22. The molecule has 0 radical (unpaired) electrons. The van der Waals surface area contributed by atoms with Crippen LogP contribution in [0.1, 0.15) is 27.2 Å². The van der Waals surface area contributed by atoms with E-state index in [1.807, 2.05) is 6.92 Å². The summed E-state index contributed by atoms with van der Waals surface area (Å²) in [5.74, 6) is 0. The topological polar surface area (TPSA) is 20.2 Å². The molecule has 7 heavy (non-hydrogen) atoms. The van der Waals surface area contributed by atoms with Gasteiger partial charge in [-0.2, -0.15) is 0 Å². The molecule has 0 aromatic rings. The van der Waals surface area contributed by atoms with E-state index in [1.54, 1.807) is 13.8 Å². The Labute approximate surface area is 55.9 Å². The second kappa shape index (κ2) is 3.49. The first kappa shape index (κ1) is 10.5. The minimum absolute atomic E-state index is 0. The number of hydrogen-bond acceptors (Lipinski definition) is 1. The first-order valence-electron chi connectivity index (χ1n) is 2.28. The fourth-order valence-electron chi connectivity index (χ4n) is 0. The van der Waals surface area contributed by atoms with Crippen molar-refractivity contribution in [3.05, 3.63) is 0 Å². The number of aliphatic hydroxyl groups is 1. The first-order chi connectivity index (χ1) is 2.56. The van der Waals surface area contributed by atoms with Crippen LogP contribution in [0, 0.1) is 0 Å². The van der Waals surface area contributed by atoms with Crippen molar-refractivity contribution < 1.29 is 22.5 Å². The number of hydrogen-bond donors (Lipinski definition) is 1. The second-order valence-electron chi connectivity index (χ2n) is 2.17. The summed E-state index contributed by atoms with van der Waals surface area (Å²) < 4.78 is 0. The van der Waals surface area contributed by atoms with Crippen molar-refractivity contribution in [2.75, 3.05) is 0 Å². The minimum Gasteiger partial charge on any atom is -0.390 e. The van der Waals surface area contributed by atoms with Crippen LogP contribution >= 0.6 is 0 Å². The molecule has 0 aliphatic rings. The molecule has 0 aliphatic heterocycles. The largest absolute Gasteiger partial charge is 0.390 e. The van der Waals surface area contributed by atoms with Gasteiger partial charge in [0.25, 0.3) is 0 Å². The third kappa shape index (κ3) is 10.7. The standard InChI is InChI=1S/C5H12O.Cr/c1-4-5(2,3)6;/h6H,4H2,1-3H3;. The summed E-state index contributed by atoms with van der Waals surface area (Å²) in [5, 5.41) is 8.83. The van der Waals surface area contributed by atoms with Gasteiger partial charge in [0.05, 0.1) is 5.60 Å². The maximum atomic E-state index is 8.83. The Hall–Kier alpha value is 0.492. The average Bonchev–Trinajstić information content (AvgIpc) is 1.35. The van der Waals surface area contributed by atoms with E-state index in [0.717, 1.165) is 6.42 Å². The summed E-state index contributed by atoms with van der Waals surface area (Å²) in [6.07, 6.45) is 0.826. The molecule has 0 unspecified atom stereocenters. The molecule has 0 fully saturated rings. The fraction of sp³-hybridized carbons (Fsp3) is 1.00. The molecule has 0 atom stereocenters. The molecule has 0 spiro atoms. The second-order valence-corrected chi connectivity index (χ2v) is 2.17. The fourth-order valence-corrected chi connectivity index (χ4v) is 0. The van der Waals surface area contributed by atoms with E-state index in [9.17, 15) is 0 Å². The SMILES string of the molecule is CCC(C)(C)O.[Cr]. The Balaban J connectivity index is 0. The van der Waals surface area contributed by atoms with Crippen molar-refractivity contribution in [2.24, 2.45) is 0 Å². The molecule has 0 amide bonds. The van der Waals surface area contributed by atoms with Crippen molar-refractivity contribution >= 4 is 0 Å². The maximum absolute atomic E-state index is 8.83. The summed E-state index contributed by atoms with van der Waals surface area (Å²) in [6.45, 7) is 5.56. The summed E-state index contributed by atoms with van der Waals surface area (Å²) in [6, 6.07) is 0. The summed E-state index contributed by atoms with van der Waals surface area (Å²) in [5.41, 5.74) is -0.458. The van der Waals surface area contributed by atoms with E-state index in [1.165, 1.54) is 0 Å². The van der Waals surface area contributed by atoms with Crippen LogP contribution in [-0.4, -0.2) is 10.7 Å². The van der Waals surface area contributed by atoms with Crippen LogP contribution in [0.4, 0.5) is 0 Å². The van der Waals surface area contributed by atoms with Crippen LogP contribution in [0.3, 0.4) is 0 Å². The molecule has 0 rings (SSSR count). The van der Waals surface area contributed by atoms with Gasteiger partial charge in [-0.3, -0.25) is 0 Å². The Morgan fingerprint density at radius 1 is 1.43 bits per heavy atom. The third-order valence-electron chi connectivity index (χ3n) is 0.865. The third-order valence-corrected chi connectivity index (χ3v) is 0.865. The van der Waals surface area contributed by atoms with Gasteiger partial charge in [0.15, 0.2) is 0 Å². The van der Waals surface area contributed by atoms with Crippen LogP contribution in [0.15, 0.2) is 0 Å². The van der Waals surface area contributed by atoms with Gasteiger partial charge >= 0.3 is 0 Å². The predicted molar refractivity (Wildman–Crippen MR) is 26.6 cm³/mol. The van der Waals surface area contributed by atoms with Crippen LogP contribution in [-0.2, 0) is 17.4 Å². The van der Waals surface area contributed by atoms with E-state index < -0.39 is 5.60 Å². The maximum Gasteiger partial charge on any atom is 0.0589 e. The van der Waals surface area contributed by atoms with E-state index in [2.05, 4.69) is 0 Å². The van der Waals surface area contributed by atoms with Crippen LogP contribution < -0.4 is 0 Å².